The molecular weight excluding hydrogens is 248 g/mol. The van der Waals surface area contributed by atoms with Crippen LogP contribution in [-0.2, 0) is 9.53 Å². The molecule has 1 aromatic heterocycles. The molecule has 0 aromatic carbocycles. The molecular formula is C9H13ClN4O3. The van der Waals surface area contributed by atoms with Crippen LogP contribution in [0.15, 0.2) is 0 Å². The lowest BCUT2D eigenvalue weighted by atomic mass is 10.4. The Morgan fingerprint density at radius 2 is 2.06 bits per heavy atom. The van der Waals surface area contributed by atoms with Crippen LogP contribution < -0.4 is 9.64 Å². The number of rotatable bonds is 5. The lowest BCUT2D eigenvalue weighted by Crippen LogP contribution is -2.24. The Morgan fingerprint density at radius 3 is 2.65 bits per heavy atom. The smallest absolute Gasteiger partial charge is 0.322 e. The highest BCUT2D eigenvalue weighted by Gasteiger charge is 2.11. The van der Waals surface area contributed by atoms with Gasteiger partial charge in [0.2, 0.25) is 11.2 Å². The number of hydrogen-bond acceptors (Lipinski definition) is 7. The molecule has 0 fully saturated rings. The SMILES string of the molecule is COC(=O)CCN(C)c1nc(Cl)nc(OC)n1. The Labute approximate surface area is 104 Å². The predicted octanol–water partition coefficient (Wildman–Crippen LogP) is 0.533. The van der Waals surface area contributed by atoms with Gasteiger partial charge in [-0.25, -0.2) is 0 Å². The van der Waals surface area contributed by atoms with E-state index >= 15 is 0 Å². The van der Waals surface area contributed by atoms with Crippen LogP contribution in [0.1, 0.15) is 6.42 Å². The standard InChI is InChI=1S/C9H13ClN4O3/c1-14(5-4-6(15)16-2)8-11-7(10)12-9(13-8)17-3/h4-5H2,1-3H3. The van der Waals surface area contributed by atoms with Crippen molar-refractivity contribution in [2.24, 2.45) is 0 Å². The van der Waals surface area contributed by atoms with Gasteiger partial charge in [-0.1, -0.05) is 0 Å². The highest BCUT2D eigenvalue weighted by molar-refractivity contribution is 6.28. The van der Waals surface area contributed by atoms with Gasteiger partial charge in [0.05, 0.1) is 20.6 Å². The molecule has 0 spiro atoms. The summed E-state index contributed by atoms with van der Waals surface area (Å²) in [6, 6.07) is 0.130. The molecule has 0 aliphatic rings. The van der Waals surface area contributed by atoms with E-state index in [-0.39, 0.29) is 23.7 Å². The highest BCUT2D eigenvalue weighted by Crippen LogP contribution is 2.13. The number of ether oxygens (including phenoxy) is 2. The maximum absolute atomic E-state index is 11.0. The molecule has 0 radical (unpaired) electrons. The first kappa shape index (κ1) is 13.4. The minimum absolute atomic E-state index is 0.0387. The molecule has 0 aliphatic carbocycles. The number of halogens is 1. The molecule has 7 nitrogen and oxygen atoms in total. The van der Waals surface area contributed by atoms with Crippen LogP contribution >= 0.6 is 11.6 Å². The number of anilines is 1. The molecule has 0 saturated heterocycles. The quantitative estimate of drug-likeness (QED) is 0.715. The summed E-state index contributed by atoms with van der Waals surface area (Å²) in [5.41, 5.74) is 0. The Bertz CT molecular complexity index is 402. The number of methoxy groups -OCH3 is 2. The zero-order valence-corrected chi connectivity index (χ0v) is 10.6. The van der Waals surface area contributed by atoms with E-state index in [4.69, 9.17) is 16.3 Å². The van der Waals surface area contributed by atoms with Crippen molar-refractivity contribution in [3.63, 3.8) is 0 Å². The van der Waals surface area contributed by atoms with Crippen LogP contribution in [0.4, 0.5) is 5.95 Å². The summed E-state index contributed by atoms with van der Waals surface area (Å²) in [4.78, 5) is 24.3. The average Bonchev–Trinajstić information content (AvgIpc) is 2.34. The van der Waals surface area contributed by atoms with E-state index in [0.29, 0.717) is 12.5 Å². The number of carbonyl (C=O) groups excluding carboxylic acids is 1. The van der Waals surface area contributed by atoms with Gasteiger partial charge < -0.3 is 14.4 Å². The van der Waals surface area contributed by atoms with Crippen molar-refractivity contribution < 1.29 is 14.3 Å². The van der Waals surface area contributed by atoms with Gasteiger partial charge >= 0.3 is 12.0 Å². The van der Waals surface area contributed by atoms with Gasteiger partial charge in [-0.2, -0.15) is 15.0 Å². The van der Waals surface area contributed by atoms with E-state index in [1.165, 1.54) is 14.2 Å². The van der Waals surface area contributed by atoms with Gasteiger partial charge in [-0.05, 0) is 11.6 Å². The summed E-state index contributed by atoms with van der Waals surface area (Å²) in [7, 11) is 4.50. The first-order valence-corrected chi connectivity index (χ1v) is 5.18. The van der Waals surface area contributed by atoms with Crippen LogP contribution in [0, 0.1) is 0 Å². The molecule has 0 unspecified atom stereocenters. The highest BCUT2D eigenvalue weighted by atomic mass is 35.5. The van der Waals surface area contributed by atoms with Gasteiger partial charge in [0, 0.05) is 13.6 Å². The van der Waals surface area contributed by atoms with Crippen molar-refractivity contribution in [3.8, 4) is 6.01 Å². The van der Waals surface area contributed by atoms with Crippen molar-refractivity contribution in [1.82, 2.24) is 15.0 Å². The molecule has 8 heteroatoms. The molecule has 0 N–H and O–H groups in total. The molecule has 0 atom stereocenters. The molecule has 0 saturated carbocycles. The van der Waals surface area contributed by atoms with Crippen LogP contribution in [0.25, 0.3) is 0 Å². The Kier molecular flexibility index (Phi) is 4.89. The molecule has 1 rings (SSSR count). The summed E-state index contributed by atoms with van der Waals surface area (Å²) in [6.07, 6.45) is 0.235. The van der Waals surface area contributed by atoms with Gasteiger partial charge in [-0.15, -0.1) is 0 Å². The molecule has 0 amide bonds. The van der Waals surface area contributed by atoms with Gasteiger partial charge in [0.25, 0.3) is 0 Å². The fraction of sp³-hybridized carbons (Fsp3) is 0.556. The predicted molar refractivity (Wildman–Crippen MR) is 61.3 cm³/mol. The second-order valence-electron chi connectivity index (χ2n) is 3.14. The number of nitrogens with zero attached hydrogens (tertiary/aromatic N) is 4. The largest absolute Gasteiger partial charge is 0.469 e. The van der Waals surface area contributed by atoms with Crippen LogP contribution in [0.5, 0.6) is 6.01 Å². The monoisotopic (exact) mass is 260 g/mol. The number of aromatic nitrogens is 3. The third-order valence-corrected chi connectivity index (χ3v) is 2.15. The zero-order chi connectivity index (χ0) is 12.8. The van der Waals surface area contributed by atoms with E-state index < -0.39 is 0 Å². The third-order valence-electron chi connectivity index (χ3n) is 1.98. The van der Waals surface area contributed by atoms with E-state index in [2.05, 4.69) is 19.7 Å². The fourth-order valence-electron chi connectivity index (χ4n) is 1.05. The van der Waals surface area contributed by atoms with Crippen molar-refractivity contribution in [3.05, 3.63) is 5.28 Å². The molecule has 1 heterocycles. The molecule has 0 bridgehead atoms. The topological polar surface area (TPSA) is 77.4 Å². The second-order valence-corrected chi connectivity index (χ2v) is 3.48. The van der Waals surface area contributed by atoms with E-state index in [0.717, 1.165) is 0 Å². The number of hydrogen-bond donors (Lipinski definition) is 0. The van der Waals surface area contributed by atoms with Gasteiger partial charge in [0.15, 0.2) is 0 Å². The van der Waals surface area contributed by atoms with Crippen molar-refractivity contribution in [2.45, 2.75) is 6.42 Å². The van der Waals surface area contributed by atoms with Crippen LogP contribution in [0.2, 0.25) is 5.28 Å². The first-order valence-electron chi connectivity index (χ1n) is 4.80. The maximum Gasteiger partial charge on any atom is 0.322 e. The lowest BCUT2D eigenvalue weighted by Gasteiger charge is -2.16. The number of esters is 1. The van der Waals surface area contributed by atoms with Gasteiger partial charge in [-0.3, -0.25) is 4.79 Å². The minimum atomic E-state index is -0.302. The average molecular weight is 261 g/mol. The Morgan fingerprint density at radius 1 is 1.35 bits per heavy atom. The van der Waals surface area contributed by atoms with E-state index in [1.54, 1.807) is 11.9 Å². The van der Waals surface area contributed by atoms with Crippen molar-refractivity contribution in [2.75, 3.05) is 32.7 Å². The first-order chi connectivity index (χ1) is 8.06. The lowest BCUT2D eigenvalue weighted by molar-refractivity contribution is -0.140. The van der Waals surface area contributed by atoms with Crippen molar-refractivity contribution >= 4 is 23.5 Å². The molecule has 1 aromatic rings. The van der Waals surface area contributed by atoms with Crippen LogP contribution in [-0.4, -0.2) is 48.7 Å². The summed E-state index contributed by atoms with van der Waals surface area (Å²) in [5, 5.41) is 0.0387. The zero-order valence-electron chi connectivity index (χ0n) is 9.81. The molecule has 17 heavy (non-hydrogen) atoms. The van der Waals surface area contributed by atoms with Crippen molar-refractivity contribution in [1.29, 1.82) is 0 Å². The number of carbonyl (C=O) groups is 1. The summed E-state index contributed by atoms with van der Waals surface area (Å²) in [5.74, 6) is 0.0368. The molecule has 0 aliphatic heterocycles. The summed E-state index contributed by atoms with van der Waals surface area (Å²) in [6.45, 7) is 0.413. The fourth-order valence-corrected chi connectivity index (χ4v) is 1.19. The van der Waals surface area contributed by atoms with Gasteiger partial charge in [0.1, 0.15) is 0 Å². The summed E-state index contributed by atoms with van der Waals surface area (Å²) >= 11 is 5.70. The Balaban J connectivity index is 2.71. The Hall–Kier alpha value is -1.63. The van der Waals surface area contributed by atoms with E-state index in [1.807, 2.05) is 0 Å². The summed E-state index contributed by atoms with van der Waals surface area (Å²) < 4.78 is 9.40. The van der Waals surface area contributed by atoms with E-state index in [9.17, 15) is 4.79 Å². The molecule has 94 valence electrons. The normalized spacial score (nSPS) is 9.88. The van der Waals surface area contributed by atoms with Crippen LogP contribution in [0.3, 0.4) is 0 Å². The third kappa shape index (κ3) is 4.03. The second kappa shape index (κ2) is 6.19. The maximum atomic E-state index is 11.0. The minimum Gasteiger partial charge on any atom is -0.469 e.